The van der Waals surface area contributed by atoms with E-state index in [9.17, 15) is 26.7 Å². The highest BCUT2D eigenvalue weighted by molar-refractivity contribution is 6.17. The predicted molar refractivity (Wildman–Crippen MR) is 98.4 cm³/mol. The maximum absolute atomic E-state index is 14.4. The van der Waals surface area contributed by atoms with E-state index < -0.39 is 41.4 Å². The van der Waals surface area contributed by atoms with Crippen molar-refractivity contribution < 1.29 is 26.7 Å². The lowest BCUT2D eigenvalue weighted by Crippen LogP contribution is -2.14. The molecule has 4 aromatic rings. The lowest BCUT2D eigenvalue weighted by atomic mass is 10.1. The molecule has 148 valence electrons. The maximum Gasteiger partial charge on any atom is 0.416 e. The van der Waals surface area contributed by atoms with Crippen molar-refractivity contribution in [3.8, 4) is 0 Å². The summed E-state index contributed by atoms with van der Waals surface area (Å²) in [5, 5.41) is 0.806. The number of carbonyl (C=O) groups excluding carboxylic acids is 1. The largest absolute Gasteiger partial charge is 0.416 e. The van der Waals surface area contributed by atoms with E-state index in [4.69, 9.17) is 5.73 Å². The molecule has 1 amide bonds. The Morgan fingerprint density at radius 2 is 1.69 bits per heavy atom. The van der Waals surface area contributed by atoms with Gasteiger partial charge in [-0.25, -0.2) is 8.78 Å². The highest BCUT2D eigenvalue weighted by atomic mass is 19.4. The monoisotopic (exact) mass is 404 g/mol. The SMILES string of the molecule is NC(=O)c1cccc2c1c1ccc(F)cc1n2Cc1c(F)cccc1C(F)(F)F. The molecule has 4 rings (SSSR count). The van der Waals surface area contributed by atoms with E-state index in [-0.39, 0.29) is 11.1 Å². The van der Waals surface area contributed by atoms with E-state index >= 15 is 0 Å². The topological polar surface area (TPSA) is 48.0 Å². The number of fused-ring (bicyclic) bond motifs is 3. The van der Waals surface area contributed by atoms with Crippen LogP contribution in [0.2, 0.25) is 0 Å². The van der Waals surface area contributed by atoms with Crippen LogP contribution in [0.5, 0.6) is 0 Å². The van der Waals surface area contributed by atoms with E-state index in [0.717, 1.165) is 24.3 Å². The first-order chi connectivity index (χ1) is 13.7. The Balaban J connectivity index is 2.07. The van der Waals surface area contributed by atoms with Gasteiger partial charge >= 0.3 is 6.18 Å². The number of nitrogens with two attached hydrogens (primary N) is 1. The smallest absolute Gasteiger partial charge is 0.366 e. The van der Waals surface area contributed by atoms with Crippen molar-refractivity contribution in [3.63, 3.8) is 0 Å². The summed E-state index contributed by atoms with van der Waals surface area (Å²) >= 11 is 0. The van der Waals surface area contributed by atoms with Crippen LogP contribution in [0.25, 0.3) is 21.8 Å². The van der Waals surface area contributed by atoms with E-state index in [2.05, 4.69) is 0 Å². The van der Waals surface area contributed by atoms with Gasteiger partial charge in [0.15, 0.2) is 0 Å². The number of alkyl halides is 3. The molecule has 0 saturated carbocycles. The molecule has 0 radical (unpaired) electrons. The Labute approximate surface area is 161 Å². The molecule has 0 unspecified atom stereocenters. The first-order valence-corrected chi connectivity index (χ1v) is 8.53. The summed E-state index contributed by atoms with van der Waals surface area (Å²) in [6.07, 6.45) is -4.76. The van der Waals surface area contributed by atoms with Crippen molar-refractivity contribution in [1.29, 1.82) is 0 Å². The van der Waals surface area contributed by atoms with E-state index in [1.165, 1.54) is 28.8 Å². The molecule has 0 fully saturated rings. The first kappa shape index (κ1) is 18.9. The molecule has 2 N–H and O–H groups in total. The van der Waals surface area contributed by atoms with Crippen LogP contribution in [-0.4, -0.2) is 10.5 Å². The molecule has 0 aliphatic heterocycles. The van der Waals surface area contributed by atoms with E-state index in [1.807, 2.05) is 0 Å². The normalized spacial score (nSPS) is 12.0. The van der Waals surface area contributed by atoms with Crippen LogP contribution >= 0.6 is 0 Å². The van der Waals surface area contributed by atoms with Crippen LogP contribution < -0.4 is 5.73 Å². The number of hydrogen-bond acceptors (Lipinski definition) is 1. The number of carbonyl (C=O) groups is 1. The quantitative estimate of drug-likeness (QED) is 0.467. The number of rotatable bonds is 3. The average Bonchev–Trinajstić information content (AvgIpc) is 2.95. The Morgan fingerprint density at radius 1 is 0.966 bits per heavy atom. The summed E-state index contributed by atoms with van der Waals surface area (Å²) in [5.74, 6) is -2.38. The summed E-state index contributed by atoms with van der Waals surface area (Å²) < 4.78 is 69.9. The van der Waals surface area contributed by atoms with Crippen LogP contribution in [0.1, 0.15) is 21.5 Å². The van der Waals surface area contributed by atoms with Gasteiger partial charge in [-0.05, 0) is 42.5 Å². The summed E-state index contributed by atoms with van der Waals surface area (Å²) in [6, 6.07) is 11.0. The molecule has 8 heteroatoms. The van der Waals surface area contributed by atoms with Gasteiger partial charge in [0.2, 0.25) is 5.91 Å². The van der Waals surface area contributed by atoms with Crippen molar-refractivity contribution in [1.82, 2.24) is 4.57 Å². The van der Waals surface area contributed by atoms with Crippen LogP contribution in [0.3, 0.4) is 0 Å². The lowest BCUT2D eigenvalue weighted by Gasteiger charge is -2.15. The zero-order valence-corrected chi connectivity index (χ0v) is 14.7. The summed E-state index contributed by atoms with van der Waals surface area (Å²) in [4.78, 5) is 11.9. The molecular weight excluding hydrogens is 391 g/mol. The van der Waals surface area contributed by atoms with Gasteiger partial charge in [-0.1, -0.05) is 12.1 Å². The number of benzene rings is 3. The number of aromatic nitrogens is 1. The molecular formula is C21H13F5N2O. The predicted octanol–water partition coefficient (Wildman–Crippen LogP) is 5.24. The highest BCUT2D eigenvalue weighted by Gasteiger charge is 2.34. The van der Waals surface area contributed by atoms with Crippen LogP contribution in [0, 0.1) is 11.6 Å². The van der Waals surface area contributed by atoms with Gasteiger partial charge in [-0.15, -0.1) is 0 Å². The van der Waals surface area contributed by atoms with Crippen LogP contribution in [0.4, 0.5) is 22.0 Å². The Hall–Kier alpha value is -3.42. The fourth-order valence-electron chi connectivity index (χ4n) is 3.64. The molecule has 0 aliphatic rings. The third-order valence-corrected chi connectivity index (χ3v) is 4.86. The molecule has 3 nitrogen and oxygen atoms in total. The van der Waals surface area contributed by atoms with Gasteiger partial charge in [-0.2, -0.15) is 13.2 Å². The molecule has 0 saturated heterocycles. The van der Waals surface area contributed by atoms with Gasteiger partial charge in [-0.3, -0.25) is 4.79 Å². The third kappa shape index (κ3) is 3.10. The number of nitrogens with zero attached hydrogens (tertiary/aromatic N) is 1. The average molecular weight is 404 g/mol. The van der Waals surface area contributed by atoms with E-state index in [0.29, 0.717) is 16.3 Å². The van der Waals surface area contributed by atoms with Crippen molar-refractivity contribution in [3.05, 3.63) is 82.9 Å². The first-order valence-electron chi connectivity index (χ1n) is 8.53. The molecule has 0 bridgehead atoms. The minimum Gasteiger partial charge on any atom is -0.366 e. The highest BCUT2D eigenvalue weighted by Crippen LogP contribution is 2.36. The minimum atomic E-state index is -4.76. The Bertz CT molecular complexity index is 1270. The number of hydrogen-bond donors (Lipinski definition) is 1. The molecule has 3 aromatic carbocycles. The summed E-state index contributed by atoms with van der Waals surface area (Å²) in [7, 11) is 0. The zero-order chi connectivity index (χ0) is 20.9. The Morgan fingerprint density at radius 3 is 2.38 bits per heavy atom. The second-order valence-corrected chi connectivity index (χ2v) is 6.58. The van der Waals surface area contributed by atoms with Crippen molar-refractivity contribution in [2.45, 2.75) is 12.7 Å². The summed E-state index contributed by atoms with van der Waals surface area (Å²) in [6.45, 7) is -0.507. The molecule has 0 spiro atoms. The van der Waals surface area contributed by atoms with Gasteiger partial charge in [0.05, 0.1) is 23.1 Å². The zero-order valence-electron chi connectivity index (χ0n) is 14.7. The number of primary amides is 1. The summed E-state index contributed by atoms with van der Waals surface area (Å²) in [5.41, 5.74) is 4.46. The van der Waals surface area contributed by atoms with Crippen LogP contribution in [-0.2, 0) is 12.7 Å². The second-order valence-electron chi connectivity index (χ2n) is 6.58. The molecule has 1 heterocycles. The van der Waals surface area contributed by atoms with Crippen molar-refractivity contribution >= 4 is 27.7 Å². The fourth-order valence-corrected chi connectivity index (χ4v) is 3.64. The van der Waals surface area contributed by atoms with Gasteiger partial charge in [0, 0.05) is 21.9 Å². The standard InChI is InChI=1S/C21H13F5N2O/c22-11-7-8-12-18(9-11)28(17-6-1-3-13(19(12)17)20(27)29)10-14-15(21(24,25)26)4-2-5-16(14)23/h1-9H,10H2,(H2,27,29). The fraction of sp³-hybridized carbons (Fsp3) is 0.0952. The lowest BCUT2D eigenvalue weighted by molar-refractivity contribution is -0.138. The van der Waals surface area contributed by atoms with Crippen molar-refractivity contribution in [2.24, 2.45) is 5.73 Å². The molecule has 0 atom stereocenters. The molecule has 0 aliphatic carbocycles. The van der Waals surface area contributed by atoms with Crippen molar-refractivity contribution in [2.75, 3.05) is 0 Å². The van der Waals surface area contributed by atoms with Gasteiger partial charge in [0.1, 0.15) is 11.6 Å². The Kier molecular flexibility index (Phi) is 4.29. The van der Waals surface area contributed by atoms with Crippen LogP contribution in [0.15, 0.2) is 54.6 Å². The minimum absolute atomic E-state index is 0.141. The number of halogens is 5. The molecule has 29 heavy (non-hydrogen) atoms. The van der Waals surface area contributed by atoms with Gasteiger partial charge in [0.25, 0.3) is 0 Å². The third-order valence-electron chi connectivity index (χ3n) is 4.86. The maximum atomic E-state index is 14.4. The second kappa shape index (κ2) is 6.58. The van der Waals surface area contributed by atoms with E-state index in [1.54, 1.807) is 6.07 Å². The van der Waals surface area contributed by atoms with Gasteiger partial charge < -0.3 is 10.3 Å². The molecule has 1 aromatic heterocycles. The number of amides is 1.